The van der Waals surface area contributed by atoms with Crippen molar-refractivity contribution in [2.24, 2.45) is 0 Å². The van der Waals surface area contributed by atoms with E-state index in [2.05, 4.69) is 0 Å². The van der Waals surface area contributed by atoms with Crippen molar-refractivity contribution in [3.63, 3.8) is 0 Å². The van der Waals surface area contributed by atoms with Gasteiger partial charge in [-0.3, -0.25) is 4.79 Å². The molecule has 0 bridgehead atoms. The molecule has 1 aliphatic rings. The standard InChI is InChI=1S/C16H12O3/c17-13-6-4-10(5-7-13)8-12-9-11-2-1-3-14(18)15(11)16(12)19/h1-8,17-18H,9H2/b12-8+. The second-order valence-corrected chi connectivity index (χ2v) is 4.58. The predicted octanol–water partition coefficient (Wildman–Crippen LogP) is 2.92. The van der Waals surface area contributed by atoms with Gasteiger partial charge in [-0.15, -0.1) is 0 Å². The first-order valence-electron chi connectivity index (χ1n) is 6.00. The Bertz CT molecular complexity index is 682. The number of carbonyl (C=O) groups excluding carboxylic acids is 1. The Kier molecular flexibility index (Phi) is 2.60. The second-order valence-electron chi connectivity index (χ2n) is 4.58. The quantitative estimate of drug-likeness (QED) is 0.767. The molecule has 0 unspecified atom stereocenters. The zero-order chi connectivity index (χ0) is 13.4. The normalized spacial score (nSPS) is 15.8. The number of carbonyl (C=O) groups is 1. The summed E-state index contributed by atoms with van der Waals surface area (Å²) in [4.78, 5) is 12.2. The number of ketones is 1. The molecule has 94 valence electrons. The lowest BCUT2D eigenvalue weighted by atomic mass is 10.1. The number of phenols is 2. The number of aromatic hydroxyl groups is 2. The van der Waals surface area contributed by atoms with Gasteiger partial charge in [-0.25, -0.2) is 0 Å². The molecule has 0 fully saturated rings. The molecule has 0 aliphatic heterocycles. The van der Waals surface area contributed by atoms with E-state index >= 15 is 0 Å². The number of allylic oxidation sites excluding steroid dienone is 1. The van der Waals surface area contributed by atoms with Gasteiger partial charge in [0, 0.05) is 12.0 Å². The highest BCUT2D eigenvalue weighted by Crippen LogP contribution is 2.33. The van der Waals surface area contributed by atoms with Crippen molar-refractivity contribution >= 4 is 11.9 Å². The maximum Gasteiger partial charge on any atom is 0.193 e. The van der Waals surface area contributed by atoms with Crippen molar-refractivity contribution in [3.05, 3.63) is 64.7 Å². The Morgan fingerprint density at radius 1 is 1.00 bits per heavy atom. The topological polar surface area (TPSA) is 57.5 Å². The van der Waals surface area contributed by atoms with E-state index in [1.807, 2.05) is 6.07 Å². The van der Waals surface area contributed by atoms with E-state index in [4.69, 9.17) is 0 Å². The van der Waals surface area contributed by atoms with Crippen molar-refractivity contribution in [1.82, 2.24) is 0 Å². The molecule has 0 heterocycles. The Balaban J connectivity index is 2.00. The van der Waals surface area contributed by atoms with E-state index in [-0.39, 0.29) is 17.3 Å². The highest BCUT2D eigenvalue weighted by Gasteiger charge is 2.27. The Morgan fingerprint density at radius 3 is 2.42 bits per heavy atom. The molecular weight excluding hydrogens is 240 g/mol. The average Bonchev–Trinajstić information content (AvgIpc) is 2.71. The lowest BCUT2D eigenvalue weighted by Crippen LogP contribution is -1.95. The van der Waals surface area contributed by atoms with Crippen LogP contribution in [0.4, 0.5) is 0 Å². The average molecular weight is 252 g/mol. The fourth-order valence-corrected chi connectivity index (χ4v) is 2.33. The number of hydrogen-bond acceptors (Lipinski definition) is 3. The monoisotopic (exact) mass is 252 g/mol. The number of phenolic OH excluding ortho intramolecular Hbond substituents is 2. The smallest absolute Gasteiger partial charge is 0.193 e. The van der Waals surface area contributed by atoms with Crippen molar-refractivity contribution in [3.8, 4) is 11.5 Å². The van der Waals surface area contributed by atoms with Crippen molar-refractivity contribution in [1.29, 1.82) is 0 Å². The van der Waals surface area contributed by atoms with Crippen LogP contribution >= 0.6 is 0 Å². The van der Waals surface area contributed by atoms with Gasteiger partial charge in [0.15, 0.2) is 5.78 Å². The molecule has 3 heteroatoms. The van der Waals surface area contributed by atoms with Gasteiger partial charge in [-0.05, 0) is 35.4 Å². The van der Waals surface area contributed by atoms with Gasteiger partial charge in [0.2, 0.25) is 0 Å². The van der Waals surface area contributed by atoms with E-state index in [1.165, 1.54) is 6.07 Å². The lowest BCUT2D eigenvalue weighted by molar-refractivity contribution is 0.103. The Morgan fingerprint density at radius 2 is 1.74 bits per heavy atom. The lowest BCUT2D eigenvalue weighted by Gasteiger charge is -1.98. The molecule has 2 N–H and O–H groups in total. The van der Waals surface area contributed by atoms with E-state index in [0.717, 1.165) is 11.1 Å². The van der Waals surface area contributed by atoms with Crippen molar-refractivity contribution in [2.75, 3.05) is 0 Å². The first-order valence-corrected chi connectivity index (χ1v) is 6.00. The fraction of sp³-hybridized carbons (Fsp3) is 0.0625. The summed E-state index contributed by atoms with van der Waals surface area (Å²) < 4.78 is 0. The zero-order valence-corrected chi connectivity index (χ0v) is 10.1. The van der Waals surface area contributed by atoms with Gasteiger partial charge < -0.3 is 10.2 Å². The van der Waals surface area contributed by atoms with Crippen LogP contribution in [0, 0.1) is 0 Å². The molecule has 0 radical (unpaired) electrons. The number of fused-ring (bicyclic) bond motifs is 1. The minimum atomic E-state index is -0.124. The first-order chi connectivity index (χ1) is 9.15. The molecule has 2 aromatic rings. The summed E-state index contributed by atoms with van der Waals surface area (Å²) in [5, 5.41) is 19.0. The molecule has 0 spiro atoms. The van der Waals surface area contributed by atoms with Gasteiger partial charge in [-0.2, -0.15) is 0 Å². The van der Waals surface area contributed by atoms with E-state index in [0.29, 0.717) is 17.6 Å². The maximum atomic E-state index is 12.2. The van der Waals surface area contributed by atoms with Gasteiger partial charge in [0.05, 0.1) is 5.56 Å². The molecule has 19 heavy (non-hydrogen) atoms. The molecule has 0 amide bonds. The predicted molar refractivity (Wildman–Crippen MR) is 72.2 cm³/mol. The maximum absolute atomic E-state index is 12.2. The van der Waals surface area contributed by atoms with Crippen LogP contribution in [0.15, 0.2) is 48.0 Å². The van der Waals surface area contributed by atoms with Crippen LogP contribution in [0.1, 0.15) is 21.5 Å². The molecule has 3 nitrogen and oxygen atoms in total. The van der Waals surface area contributed by atoms with Crippen molar-refractivity contribution in [2.45, 2.75) is 6.42 Å². The second kappa shape index (κ2) is 4.28. The molecule has 3 rings (SSSR count). The van der Waals surface area contributed by atoms with Crippen LogP contribution in [0.3, 0.4) is 0 Å². The van der Waals surface area contributed by atoms with Crippen LogP contribution in [0.2, 0.25) is 0 Å². The van der Waals surface area contributed by atoms with E-state index in [1.54, 1.807) is 36.4 Å². The summed E-state index contributed by atoms with van der Waals surface area (Å²) >= 11 is 0. The van der Waals surface area contributed by atoms with E-state index < -0.39 is 0 Å². The molecule has 0 saturated carbocycles. The summed E-state index contributed by atoms with van der Waals surface area (Å²) in [5.41, 5.74) is 2.78. The van der Waals surface area contributed by atoms with Gasteiger partial charge in [-0.1, -0.05) is 24.3 Å². The summed E-state index contributed by atoms with van der Waals surface area (Å²) in [6.45, 7) is 0. The Hall–Kier alpha value is -2.55. The molecular formula is C16H12O3. The largest absolute Gasteiger partial charge is 0.508 e. The van der Waals surface area contributed by atoms with Gasteiger partial charge >= 0.3 is 0 Å². The summed E-state index contributed by atoms with van der Waals surface area (Å²) in [6.07, 6.45) is 2.32. The van der Waals surface area contributed by atoms with Crippen LogP contribution in [-0.2, 0) is 6.42 Å². The number of hydrogen-bond donors (Lipinski definition) is 2. The minimum Gasteiger partial charge on any atom is -0.508 e. The molecule has 0 atom stereocenters. The van der Waals surface area contributed by atoms with Crippen LogP contribution in [0.5, 0.6) is 11.5 Å². The van der Waals surface area contributed by atoms with Gasteiger partial charge in [0.25, 0.3) is 0 Å². The molecule has 0 aromatic heterocycles. The fourth-order valence-electron chi connectivity index (χ4n) is 2.33. The molecule has 1 aliphatic carbocycles. The third-order valence-corrected chi connectivity index (χ3v) is 3.26. The summed E-state index contributed by atoms with van der Waals surface area (Å²) in [7, 11) is 0. The zero-order valence-electron chi connectivity index (χ0n) is 10.1. The highest BCUT2D eigenvalue weighted by atomic mass is 16.3. The van der Waals surface area contributed by atoms with Crippen LogP contribution in [-0.4, -0.2) is 16.0 Å². The molecule has 0 saturated heterocycles. The summed E-state index contributed by atoms with van der Waals surface area (Å²) in [5.74, 6) is 0.110. The third-order valence-electron chi connectivity index (χ3n) is 3.26. The van der Waals surface area contributed by atoms with Crippen LogP contribution in [0.25, 0.3) is 6.08 Å². The number of rotatable bonds is 1. The van der Waals surface area contributed by atoms with Crippen molar-refractivity contribution < 1.29 is 15.0 Å². The summed E-state index contributed by atoms with van der Waals surface area (Å²) in [6, 6.07) is 11.8. The number of Topliss-reactive ketones (excluding diaryl/α,β-unsaturated/α-hetero) is 1. The highest BCUT2D eigenvalue weighted by molar-refractivity contribution is 6.17. The van der Waals surface area contributed by atoms with Gasteiger partial charge in [0.1, 0.15) is 11.5 Å². The minimum absolute atomic E-state index is 0.0385. The SMILES string of the molecule is O=C1/C(=C/c2ccc(O)cc2)Cc2cccc(O)c21. The first kappa shape index (κ1) is 11.5. The van der Waals surface area contributed by atoms with E-state index in [9.17, 15) is 15.0 Å². The Labute approximate surface area is 110 Å². The number of benzene rings is 2. The van der Waals surface area contributed by atoms with Crippen LogP contribution < -0.4 is 0 Å². The third kappa shape index (κ3) is 1.99. The molecule has 2 aromatic carbocycles.